The highest BCUT2D eigenvalue weighted by atomic mass is 16.4. The van der Waals surface area contributed by atoms with Gasteiger partial charge in [0.05, 0.1) is 11.3 Å². The van der Waals surface area contributed by atoms with Crippen LogP contribution < -0.4 is 0 Å². The fourth-order valence-electron chi connectivity index (χ4n) is 1.48. The Balaban J connectivity index is 2.44. The number of pyridine rings is 1. The van der Waals surface area contributed by atoms with Crippen molar-refractivity contribution in [2.45, 2.75) is 0 Å². The average Bonchev–Trinajstić information content (AvgIpc) is 2.38. The van der Waals surface area contributed by atoms with Crippen LogP contribution in [0.2, 0.25) is 0 Å². The van der Waals surface area contributed by atoms with Gasteiger partial charge in [-0.1, -0.05) is 36.4 Å². The third kappa shape index (κ3) is 2.78. The topological polar surface area (TPSA) is 50.2 Å². The van der Waals surface area contributed by atoms with Crippen molar-refractivity contribution >= 4 is 17.6 Å². The van der Waals surface area contributed by atoms with Crippen LogP contribution in [0.25, 0.3) is 11.6 Å². The molecule has 0 fully saturated rings. The summed E-state index contributed by atoms with van der Waals surface area (Å²) in [7, 11) is 0. The second-order valence-corrected chi connectivity index (χ2v) is 3.49. The summed E-state index contributed by atoms with van der Waals surface area (Å²) in [6, 6.07) is 14.5. The molecular weight excluding hydrogens is 214 g/mol. The highest BCUT2D eigenvalue weighted by Gasteiger charge is 2.10. The minimum Gasteiger partial charge on any atom is -0.478 e. The molecule has 0 aliphatic carbocycles. The summed E-state index contributed by atoms with van der Waals surface area (Å²) in [5.41, 5.74) is 1.50. The van der Waals surface area contributed by atoms with Crippen molar-refractivity contribution in [2.24, 2.45) is 0 Å². The average molecular weight is 225 g/mol. The van der Waals surface area contributed by atoms with Gasteiger partial charge >= 0.3 is 5.97 Å². The SMILES string of the molecule is O=C(O)C(=Cc1ccccc1)c1ccccn1. The summed E-state index contributed by atoms with van der Waals surface area (Å²) in [5, 5.41) is 9.18. The zero-order valence-corrected chi connectivity index (χ0v) is 9.08. The maximum absolute atomic E-state index is 11.2. The predicted octanol–water partition coefficient (Wildman–Crippen LogP) is 2.71. The van der Waals surface area contributed by atoms with Gasteiger partial charge in [0.1, 0.15) is 0 Å². The molecular formula is C14H11NO2. The Hall–Kier alpha value is -2.42. The molecule has 0 spiro atoms. The third-order valence-electron chi connectivity index (χ3n) is 2.28. The van der Waals surface area contributed by atoms with E-state index in [4.69, 9.17) is 0 Å². The molecule has 0 saturated heterocycles. The first kappa shape index (κ1) is 11.1. The van der Waals surface area contributed by atoms with Crippen LogP contribution in [0.5, 0.6) is 0 Å². The van der Waals surface area contributed by atoms with E-state index in [0.717, 1.165) is 5.56 Å². The van der Waals surface area contributed by atoms with Gasteiger partial charge in [-0.05, 0) is 23.8 Å². The molecule has 1 aromatic heterocycles. The molecule has 2 rings (SSSR count). The van der Waals surface area contributed by atoms with Crippen LogP contribution in [0.1, 0.15) is 11.3 Å². The number of benzene rings is 1. The van der Waals surface area contributed by atoms with Gasteiger partial charge in [-0.2, -0.15) is 0 Å². The van der Waals surface area contributed by atoms with E-state index in [1.165, 1.54) is 0 Å². The van der Waals surface area contributed by atoms with Crippen LogP contribution in [0.15, 0.2) is 54.7 Å². The summed E-state index contributed by atoms with van der Waals surface area (Å²) in [4.78, 5) is 15.2. The highest BCUT2D eigenvalue weighted by Crippen LogP contribution is 2.16. The van der Waals surface area contributed by atoms with Crippen molar-refractivity contribution in [1.82, 2.24) is 4.98 Å². The number of carboxylic acids is 1. The van der Waals surface area contributed by atoms with Crippen molar-refractivity contribution in [2.75, 3.05) is 0 Å². The number of hydrogen-bond donors (Lipinski definition) is 1. The lowest BCUT2D eigenvalue weighted by Crippen LogP contribution is -2.01. The Kier molecular flexibility index (Phi) is 3.31. The molecule has 1 heterocycles. The van der Waals surface area contributed by atoms with Gasteiger partial charge in [-0.3, -0.25) is 4.98 Å². The Labute approximate surface area is 99.1 Å². The number of hydrogen-bond acceptors (Lipinski definition) is 2. The molecule has 0 aliphatic heterocycles. The molecule has 84 valence electrons. The van der Waals surface area contributed by atoms with E-state index < -0.39 is 5.97 Å². The second kappa shape index (κ2) is 5.07. The smallest absolute Gasteiger partial charge is 0.337 e. The summed E-state index contributed by atoms with van der Waals surface area (Å²) in [5.74, 6) is -0.979. The van der Waals surface area contributed by atoms with Crippen LogP contribution in [-0.2, 0) is 4.79 Å². The fourth-order valence-corrected chi connectivity index (χ4v) is 1.48. The Bertz CT molecular complexity index is 533. The minimum atomic E-state index is -0.979. The first-order valence-electron chi connectivity index (χ1n) is 5.19. The lowest BCUT2D eigenvalue weighted by Gasteiger charge is -2.01. The molecule has 0 amide bonds. The van der Waals surface area contributed by atoms with E-state index in [0.29, 0.717) is 5.69 Å². The van der Waals surface area contributed by atoms with Gasteiger partial charge in [0, 0.05) is 6.20 Å². The van der Waals surface area contributed by atoms with Crippen LogP contribution >= 0.6 is 0 Å². The van der Waals surface area contributed by atoms with Gasteiger partial charge in [0.25, 0.3) is 0 Å². The summed E-state index contributed by atoms with van der Waals surface area (Å²) in [6.45, 7) is 0. The van der Waals surface area contributed by atoms with Crippen molar-refractivity contribution in [3.8, 4) is 0 Å². The van der Waals surface area contributed by atoms with Crippen molar-refractivity contribution in [1.29, 1.82) is 0 Å². The molecule has 0 atom stereocenters. The summed E-state index contributed by atoms with van der Waals surface area (Å²) in [6.07, 6.45) is 3.20. The molecule has 3 nitrogen and oxygen atoms in total. The lowest BCUT2D eigenvalue weighted by molar-refractivity contribution is -0.130. The number of carbonyl (C=O) groups is 1. The Morgan fingerprint density at radius 2 is 1.76 bits per heavy atom. The van der Waals surface area contributed by atoms with E-state index in [1.54, 1.807) is 30.5 Å². The number of aromatic nitrogens is 1. The Morgan fingerprint density at radius 1 is 1.06 bits per heavy atom. The van der Waals surface area contributed by atoms with Gasteiger partial charge in [-0.25, -0.2) is 4.79 Å². The first-order valence-corrected chi connectivity index (χ1v) is 5.19. The van der Waals surface area contributed by atoms with Crippen LogP contribution in [-0.4, -0.2) is 16.1 Å². The summed E-state index contributed by atoms with van der Waals surface area (Å²) >= 11 is 0. The number of nitrogens with zero attached hydrogens (tertiary/aromatic N) is 1. The molecule has 1 N–H and O–H groups in total. The third-order valence-corrected chi connectivity index (χ3v) is 2.28. The van der Waals surface area contributed by atoms with Gasteiger partial charge in [-0.15, -0.1) is 0 Å². The summed E-state index contributed by atoms with van der Waals surface area (Å²) < 4.78 is 0. The molecule has 2 aromatic rings. The largest absolute Gasteiger partial charge is 0.478 e. The molecule has 3 heteroatoms. The van der Waals surface area contributed by atoms with Crippen LogP contribution in [0, 0.1) is 0 Å². The van der Waals surface area contributed by atoms with Crippen molar-refractivity contribution in [3.63, 3.8) is 0 Å². The molecule has 1 aromatic carbocycles. The predicted molar refractivity (Wildman–Crippen MR) is 66.2 cm³/mol. The zero-order valence-electron chi connectivity index (χ0n) is 9.08. The highest BCUT2D eigenvalue weighted by molar-refractivity contribution is 6.19. The number of carboxylic acid groups (broad SMARTS) is 1. The van der Waals surface area contributed by atoms with E-state index in [1.807, 2.05) is 30.3 Å². The van der Waals surface area contributed by atoms with E-state index in [2.05, 4.69) is 4.98 Å². The molecule has 0 saturated carbocycles. The van der Waals surface area contributed by atoms with Gasteiger partial charge in [0.15, 0.2) is 0 Å². The van der Waals surface area contributed by atoms with Gasteiger partial charge < -0.3 is 5.11 Å². The zero-order chi connectivity index (χ0) is 12.1. The minimum absolute atomic E-state index is 0.191. The quantitative estimate of drug-likeness (QED) is 0.817. The molecule has 0 radical (unpaired) electrons. The molecule has 0 aliphatic rings. The van der Waals surface area contributed by atoms with E-state index >= 15 is 0 Å². The maximum atomic E-state index is 11.2. The van der Waals surface area contributed by atoms with E-state index in [-0.39, 0.29) is 5.57 Å². The van der Waals surface area contributed by atoms with Crippen molar-refractivity contribution < 1.29 is 9.90 Å². The van der Waals surface area contributed by atoms with Crippen LogP contribution in [0.3, 0.4) is 0 Å². The standard InChI is InChI=1S/C14H11NO2/c16-14(17)12(13-8-4-5-9-15-13)10-11-6-2-1-3-7-11/h1-10H,(H,16,17). The van der Waals surface area contributed by atoms with Crippen LogP contribution in [0.4, 0.5) is 0 Å². The Morgan fingerprint density at radius 3 is 2.35 bits per heavy atom. The second-order valence-electron chi connectivity index (χ2n) is 3.49. The lowest BCUT2D eigenvalue weighted by atomic mass is 10.1. The number of aliphatic carboxylic acids is 1. The maximum Gasteiger partial charge on any atom is 0.337 e. The fraction of sp³-hybridized carbons (Fsp3) is 0. The van der Waals surface area contributed by atoms with Crippen molar-refractivity contribution in [3.05, 3.63) is 66.0 Å². The number of rotatable bonds is 3. The monoisotopic (exact) mass is 225 g/mol. The molecule has 17 heavy (non-hydrogen) atoms. The van der Waals surface area contributed by atoms with Gasteiger partial charge in [0.2, 0.25) is 0 Å². The normalized spacial score (nSPS) is 11.2. The molecule has 0 bridgehead atoms. The van der Waals surface area contributed by atoms with E-state index in [9.17, 15) is 9.90 Å². The molecule has 0 unspecified atom stereocenters. The first-order chi connectivity index (χ1) is 8.27.